The lowest BCUT2D eigenvalue weighted by molar-refractivity contribution is -0.113. The van der Waals surface area contributed by atoms with Gasteiger partial charge in [-0.3, -0.25) is 14.5 Å². The smallest absolute Gasteiger partial charge is 0.414 e. The Balaban J connectivity index is 1.08. The molecule has 3 aliphatic heterocycles. The van der Waals surface area contributed by atoms with Gasteiger partial charge in [-0.05, 0) is 55.1 Å². The van der Waals surface area contributed by atoms with Gasteiger partial charge in [0.15, 0.2) is 0 Å². The second-order valence-electron chi connectivity index (χ2n) is 9.17. The van der Waals surface area contributed by atoms with Crippen LogP contribution >= 0.6 is 11.8 Å². The van der Waals surface area contributed by atoms with Gasteiger partial charge >= 0.3 is 6.09 Å². The SMILES string of the molecule is C#Cc1ccc2ccc(=O)n3c2c1[C@@H](NCCC[C@@H]1CN(c2ccc4c(c2)NC(=O)CS4)C(=O)O1)C3. The van der Waals surface area contributed by atoms with Gasteiger partial charge in [0, 0.05) is 34.3 Å². The van der Waals surface area contributed by atoms with Crippen molar-refractivity contribution >= 4 is 46.0 Å². The third-order valence-corrected chi connectivity index (χ3v) is 8.01. The molecular weight excluding hydrogens is 476 g/mol. The van der Waals surface area contributed by atoms with Crippen LogP contribution in [0, 0.1) is 12.3 Å². The lowest BCUT2D eigenvalue weighted by Crippen LogP contribution is -2.27. The Bertz CT molecular complexity index is 1510. The van der Waals surface area contributed by atoms with E-state index in [0.29, 0.717) is 37.5 Å². The van der Waals surface area contributed by atoms with E-state index in [0.717, 1.165) is 39.0 Å². The molecule has 0 spiro atoms. The summed E-state index contributed by atoms with van der Waals surface area (Å²) < 4.78 is 7.40. The highest BCUT2D eigenvalue weighted by molar-refractivity contribution is 8.00. The van der Waals surface area contributed by atoms with Crippen LogP contribution in [0.25, 0.3) is 10.9 Å². The lowest BCUT2D eigenvalue weighted by Gasteiger charge is -2.20. The molecule has 182 valence electrons. The number of nitrogens with zero attached hydrogens (tertiary/aromatic N) is 2. The molecule has 0 saturated carbocycles. The van der Waals surface area contributed by atoms with Crippen molar-refractivity contribution in [3.8, 4) is 12.3 Å². The second kappa shape index (κ2) is 9.04. The average molecular weight is 501 g/mol. The molecule has 0 unspecified atom stereocenters. The van der Waals surface area contributed by atoms with E-state index in [4.69, 9.17) is 11.2 Å². The Morgan fingerprint density at radius 1 is 1.14 bits per heavy atom. The third-order valence-electron chi connectivity index (χ3n) is 6.93. The van der Waals surface area contributed by atoms with E-state index in [1.807, 2.05) is 36.4 Å². The molecule has 36 heavy (non-hydrogen) atoms. The number of carbonyl (C=O) groups is 2. The minimum atomic E-state index is -0.376. The molecule has 2 atom stereocenters. The van der Waals surface area contributed by atoms with E-state index in [1.165, 1.54) is 11.8 Å². The molecule has 9 heteroatoms. The topological polar surface area (TPSA) is 92.7 Å². The fourth-order valence-corrected chi connectivity index (χ4v) is 6.04. The van der Waals surface area contributed by atoms with Crippen molar-refractivity contribution < 1.29 is 14.3 Å². The first-order valence-electron chi connectivity index (χ1n) is 11.9. The molecule has 1 aromatic heterocycles. The molecule has 6 rings (SSSR count). The quantitative estimate of drug-likeness (QED) is 0.398. The molecular formula is C27H24N4O4S. The number of hydrogen-bond donors (Lipinski definition) is 2. The highest BCUT2D eigenvalue weighted by Gasteiger charge is 2.33. The summed E-state index contributed by atoms with van der Waals surface area (Å²) in [6.07, 6.45) is 6.67. The minimum Gasteiger partial charge on any atom is -0.444 e. The predicted octanol–water partition coefficient (Wildman–Crippen LogP) is 3.48. The van der Waals surface area contributed by atoms with Crippen LogP contribution in [0.15, 0.2) is 52.2 Å². The zero-order chi connectivity index (χ0) is 24.8. The van der Waals surface area contributed by atoms with Crippen LogP contribution in [0.2, 0.25) is 0 Å². The summed E-state index contributed by atoms with van der Waals surface area (Å²) in [5.74, 6) is 3.12. The number of cyclic esters (lactones) is 1. The molecule has 2 amide bonds. The van der Waals surface area contributed by atoms with Crippen molar-refractivity contribution in [2.75, 3.05) is 29.1 Å². The van der Waals surface area contributed by atoms with Gasteiger partial charge in [-0.15, -0.1) is 18.2 Å². The number of carbonyl (C=O) groups excluding carboxylic acids is 2. The fourth-order valence-electron chi connectivity index (χ4n) is 5.25. The number of amides is 2. The van der Waals surface area contributed by atoms with E-state index in [1.54, 1.807) is 15.5 Å². The number of pyridine rings is 1. The molecule has 4 heterocycles. The largest absolute Gasteiger partial charge is 0.444 e. The van der Waals surface area contributed by atoms with Crippen LogP contribution in [-0.2, 0) is 16.1 Å². The maximum Gasteiger partial charge on any atom is 0.414 e. The highest BCUT2D eigenvalue weighted by atomic mass is 32.2. The molecule has 1 saturated heterocycles. The van der Waals surface area contributed by atoms with Crippen LogP contribution < -0.4 is 21.1 Å². The van der Waals surface area contributed by atoms with Gasteiger partial charge in [0.1, 0.15) is 6.10 Å². The maximum absolute atomic E-state index is 12.5. The number of terminal acetylenes is 1. The number of fused-ring (bicyclic) bond motifs is 1. The van der Waals surface area contributed by atoms with Crippen molar-refractivity contribution in [2.24, 2.45) is 0 Å². The number of aromatic nitrogens is 1. The Labute approximate surface area is 212 Å². The Morgan fingerprint density at radius 3 is 2.86 bits per heavy atom. The standard InChI is InChI=1S/C27H24N4O4S/c1-2-16-5-6-17-7-10-24(33)31-14-21(25(16)26(17)31)28-11-3-4-19-13-30(27(34)35-19)18-8-9-22-20(12-18)29-23(32)15-36-22/h1,5-10,12,19,21,28H,3-4,11,13-15H2,(H,29,32)/t19-,21+/m1/s1. The van der Waals surface area contributed by atoms with Gasteiger partial charge in [0.05, 0.1) is 29.5 Å². The number of anilines is 2. The monoisotopic (exact) mass is 500 g/mol. The van der Waals surface area contributed by atoms with Gasteiger partial charge < -0.3 is 19.9 Å². The van der Waals surface area contributed by atoms with E-state index in [-0.39, 0.29) is 29.7 Å². The summed E-state index contributed by atoms with van der Waals surface area (Å²) in [4.78, 5) is 39.3. The second-order valence-corrected chi connectivity index (χ2v) is 10.2. The van der Waals surface area contributed by atoms with Crippen molar-refractivity contribution in [3.05, 3.63) is 63.9 Å². The van der Waals surface area contributed by atoms with Crippen molar-refractivity contribution in [1.82, 2.24) is 9.88 Å². The molecule has 2 aromatic carbocycles. The molecule has 3 aliphatic rings. The fraction of sp³-hybridized carbons (Fsp3) is 0.296. The molecule has 3 aromatic rings. The molecule has 1 fully saturated rings. The van der Waals surface area contributed by atoms with Crippen molar-refractivity contribution in [2.45, 2.75) is 36.4 Å². The first kappa shape index (κ1) is 22.7. The molecule has 0 radical (unpaired) electrons. The van der Waals surface area contributed by atoms with Gasteiger partial charge in [-0.1, -0.05) is 12.0 Å². The normalized spacial score (nSPS) is 20.2. The first-order chi connectivity index (χ1) is 17.5. The predicted molar refractivity (Wildman–Crippen MR) is 140 cm³/mol. The number of hydrogen-bond acceptors (Lipinski definition) is 6. The zero-order valence-corrected chi connectivity index (χ0v) is 20.3. The van der Waals surface area contributed by atoms with Crippen LogP contribution in [0.1, 0.15) is 30.0 Å². The number of rotatable bonds is 6. The number of ether oxygens (including phenoxy) is 1. The Hall–Kier alpha value is -3.74. The third kappa shape index (κ3) is 3.92. The molecule has 2 N–H and O–H groups in total. The number of benzene rings is 2. The van der Waals surface area contributed by atoms with Gasteiger partial charge in [0.2, 0.25) is 5.91 Å². The summed E-state index contributed by atoms with van der Waals surface area (Å²) in [5, 5.41) is 7.42. The van der Waals surface area contributed by atoms with E-state index >= 15 is 0 Å². The Morgan fingerprint density at radius 2 is 2.00 bits per heavy atom. The van der Waals surface area contributed by atoms with Gasteiger partial charge in [0.25, 0.3) is 5.56 Å². The van der Waals surface area contributed by atoms with Crippen LogP contribution in [0.3, 0.4) is 0 Å². The number of nitrogens with one attached hydrogen (secondary N) is 2. The van der Waals surface area contributed by atoms with Gasteiger partial charge in [-0.25, -0.2) is 4.79 Å². The average Bonchev–Trinajstić information content (AvgIpc) is 3.45. The van der Waals surface area contributed by atoms with E-state index < -0.39 is 0 Å². The summed E-state index contributed by atoms with van der Waals surface area (Å²) in [7, 11) is 0. The Kier molecular flexibility index (Phi) is 5.70. The first-order valence-corrected chi connectivity index (χ1v) is 12.9. The van der Waals surface area contributed by atoms with Gasteiger partial charge in [-0.2, -0.15) is 0 Å². The van der Waals surface area contributed by atoms with Crippen molar-refractivity contribution in [1.29, 1.82) is 0 Å². The lowest BCUT2D eigenvalue weighted by atomic mass is 9.99. The summed E-state index contributed by atoms with van der Waals surface area (Å²) in [5.41, 5.74) is 4.13. The molecule has 0 bridgehead atoms. The maximum atomic E-state index is 12.5. The van der Waals surface area contributed by atoms with Crippen molar-refractivity contribution in [3.63, 3.8) is 0 Å². The van der Waals surface area contributed by atoms with Crippen LogP contribution in [0.4, 0.5) is 16.2 Å². The van der Waals surface area contributed by atoms with Crippen LogP contribution in [0.5, 0.6) is 0 Å². The summed E-state index contributed by atoms with van der Waals surface area (Å²) in [6.45, 7) is 1.71. The summed E-state index contributed by atoms with van der Waals surface area (Å²) in [6, 6.07) is 12.9. The zero-order valence-electron chi connectivity index (χ0n) is 19.5. The summed E-state index contributed by atoms with van der Waals surface area (Å²) >= 11 is 1.49. The molecule has 0 aliphatic carbocycles. The van der Waals surface area contributed by atoms with E-state index in [9.17, 15) is 14.4 Å². The van der Waals surface area contributed by atoms with Crippen LogP contribution in [-0.4, -0.2) is 41.5 Å². The number of thioether (sulfide) groups is 1. The molecule has 8 nitrogen and oxygen atoms in total. The minimum absolute atomic E-state index is 0.0273. The van der Waals surface area contributed by atoms with E-state index in [2.05, 4.69) is 16.6 Å². The highest BCUT2D eigenvalue weighted by Crippen LogP contribution is 2.36.